The fourth-order valence-corrected chi connectivity index (χ4v) is 7.70. The summed E-state index contributed by atoms with van der Waals surface area (Å²) in [5.74, 6) is -1.64. The van der Waals surface area contributed by atoms with Crippen molar-refractivity contribution >= 4 is 35.2 Å². The molecule has 0 aliphatic carbocycles. The number of methoxy groups -OCH3 is 1. The number of nitrogens with zero attached hydrogens (tertiary/aromatic N) is 2. The Kier molecular flexibility index (Phi) is 5.93. The average molecular weight is 485 g/mol. The summed E-state index contributed by atoms with van der Waals surface area (Å²) in [5, 5.41) is 9.87. The standard InChI is InChI=1S/C25H28N2O6S/c1-3-15(14-28)27-21-23(30)26(16-7-9-17(32-2)10-8-16)12-5-11-25(21)20(22(27)29)19-18(34-25)6-4-13-33-24(19)31/h4-11,15,18-21,28H,3,12-14H2,1-2H3/t15-,18+,19-,20-,21?,25-/m0/s1. The topological polar surface area (TPSA) is 96.4 Å². The molecular weight excluding hydrogens is 456 g/mol. The molecule has 0 radical (unpaired) electrons. The molecular formula is C25H28N2O6S. The lowest BCUT2D eigenvalue weighted by atomic mass is 9.78. The number of hydrogen-bond donors (Lipinski definition) is 1. The number of aliphatic hydroxyl groups is 1. The SMILES string of the molecule is CC[C@@H](CO)N1C(=O)[C@@H]2[C@H]3C(=O)OCC=C[C@H]3S[C@@]23C=CCN(c2ccc(OC)cc2)C(=O)C13. The summed E-state index contributed by atoms with van der Waals surface area (Å²) in [6.07, 6.45) is 8.09. The number of likely N-dealkylation sites (tertiary alicyclic amines) is 1. The number of benzene rings is 1. The number of cyclic esters (lactones) is 1. The Morgan fingerprint density at radius 2 is 1.97 bits per heavy atom. The van der Waals surface area contributed by atoms with Gasteiger partial charge in [0.1, 0.15) is 18.4 Å². The molecule has 2 fully saturated rings. The molecule has 4 heterocycles. The lowest BCUT2D eigenvalue weighted by molar-refractivity contribution is -0.152. The van der Waals surface area contributed by atoms with Crippen molar-refractivity contribution in [2.45, 2.75) is 35.4 Å². The van der Waals surface area contributed by atoms with E-state index < -0.39 is 34.6 Å². The van der Waals surface area contributed by atoms with Gasteiger partial charge in [0.15, 0.2) is 0 Å². The van der Waals surface area contributed by atoms with Crippen LogP contribution in [0.5, 0.6) is 5.75 Å². The number of esters is 1. The zero-order valence-corrected chi connectivity index (χ0v) is 19.9. The summed E-state index contributed by atoms with van der Waals surface area (Å²) >= 11 is 1.49. The average Bonchev–Trinajstić information content (AvgIpc) is 3.15. The van der Waals surface area contributed by atoms with Gasteiger partial charge in [0.05, 0.1) is 36.3 Å². The van der Waals surface area contributed by atoms with Gasteiger partial charge in [-0.3, -0.25) is 14.4 Å². The smallest absolute Gasteiger partial charge is 0.311 e. The number of aliphatic hydroxyl groups excluding tert-OH is 1. The third kappa shape index (κ3) is 3.28. The van der Waals surface area contributed by atoms with Crippen LogP contribution in [0.3, 0.4) is 0 Å². The van der Waals surface area contributed by atoms with Gasteiger partial charge in [0.2, 0.25) is 5.91 Å². The van der Waals surface area contributed by atoms with Gasteiger partial charge < -0.3 is 24.4 Å². The summed E-state index contributed by atoms with van der Waals surface area (Å²) in [6, 6.07) is 5.84. The molecule has 180 valence electrons. The van der Waals surface area contributed by atoms with Crippen LogP contribution < -0.4 is 9.64 Å². The van der Waals surface area contributed by atoms with E-state index >= 15 is 0 Å². The Morgan fingerprint density at radius 1 is 1.21 bits per heavy atom. The maximum Gasteiger partial charge on any atom is 0.311 e. The van der Waals surface area contributed by atoms with Crippen LogP contribution in [0.15, 0.2) is 48.6 Å². The van der Waals surface area contributed by atoms with Crippen LogP contribution >= 0.6 is 11.8 Å². The quantitative estimate of drug-likeness (QED) is 0.503. The normalized spacial score (nSPS) is 33.1. The Hall–Kier alpha value is -2.78. The highest BCUT2D eigenvalue weighted by atomic mass is 32.2. The number of amides is 2. The first-order valence-electron chi connectivity index (χ1n) is 11.5. The van der Waals surface area contributed by atoms with Crippen molar-refractivity contribution in [2.75, 3.05) is 31.8 Å². The van der Waals surface area contributed by atoms with E-state index in [1.807, 2.05) is 37.3 Å². The number of fused-ring (bicyclic) bond motifs is 2. The van der Waals surface area contributed by atoms with Crippen molar-refractivity contribution in [3.63, 3.8) is 0 Å². The molecule has 0 aromatic heterocycles. The first kappa shape index (κ1) is 23.0. The van der Waals surface area contributed by atoms with Crippen LogP contribution in [0, 0.1) is 11.8 Å². The number of ether oxygens (including phenoxy) is 2. The molecule has 1 unspecified atom stereocenters. The van der Waals surface area contributed by atoms with E-state index in [0.717, 1.165) is 0 Å². The summed E-state index contributed by atoms with van der Waals surface area (Å²) in [4.78, 5) is 44.3. The second kappa shape index (κ2) is 8.78. The third-order valence-corrected chi connectivity index (χ3v) is 9.05. The largest absolute Gasteiger partial charge is 0.497 e. The Bertz CT molecular complexity index is 1050. The van der Waals surface area contributed by atoms with Crippen molar-refractivity contribution in [1.29, 1.82) is 0 Å². The summed E-state index contributed by atoms with van der Waals surface area (Å²) in [5.41, 5.74) is 0.692. The van der Waals surface area contributed by atoms with Crippen molar-refractivity contribution in [3.05, 3.63) is 48.6 Å². The lowest BCUT2D eigenvalue weighted by Gasteiger charge is -2.38. The molecule has 2 saturated heterocycles. The predicted octanol–water partition coefficient (Wildman–Crippen LogP) is 1.78. The number of hydrogen-bond acceptors (Lipinski definition) is 7. The number of thioether (sulfide) groups is 1. The second-order valence-electron chi connectivity index (χ2n) is 8.94. The molecule has 5 rings (SSSR count). The molecule has 6 atom stereocenters. The van der Waals surface area contributed by atoms with Crippen LogP contribution in [-0.4, -0.2) is 76.7 Å². The number of anilines is 1. The van der Waals surface area contributed by atoms with Gasteiger partial charge in [-0.2, -0.15) is 0 Å². The minimum atomic E-state index is -0.923. The molecule has 4 aliphatic heterocycles. The molecule has 1 spiro atoms. The van der Waals surface area contributed by atoms with Crippen LogP contribution in [-0.2, 0) is 19.1 Å². The van der Waals surface area contributed by atoms with E-state index in [-0.39, 0.29) is 30.3 Å². The highest BCUT2D eigenvalue weighted by molar-refractivity contribution is 8.02. The van der Waals surface area contributed by atoms with Crippen molar-refractivity contribution in [2.24, 2.45) is 11.8 Å². The second-order valence-corrected chi connectivity index (χ2v) is 10.4. The summed E-state index contributed by atoms with van der Waals surface area (Å²) in [6.45, 7) is 2.14. The number of rotatable bonds is 5. The van der Waals surface area contributed by atoms with Crippen molar-refractivity contribution in [1.82, 2.24) is 4.90 Å². The molecule has 0 saturated carbocycles. The van der Waals surface area contributed by atoms with Gasteiger partial charge >= 0.3 is 5.97 Å². The van der Waals surface area contributed by atoms with Crippen molar-refractivity contribution < 1.29 is 29.0 Å². The molecule has 8 nitrogen and oxygen atoms in total. The number of carbonyl (C=O) groups is 3. The first-order chi connectivity index (χ1) is 16.5. The monoisotopic (exact) mass is 484 g/mol. The first-order valence-corrected chi connectivity index (χ1v) is 12.4. The Balaban J connectivity index is 1.62. The zero-order valence-electron chi connectivity index (χ0n) is 19.1. The molecule has 0 bridgehead atoms. The summed E-state index contributed by atoms with van der Waals surface area (Å²) in [7, 11) is 1.58. The maximum atomic E-state index is 14.2. The highest BCUT2D eigenvalue weighted by Gasteiger charge is 2.71. The van der Waals surface area contributed by atoms with E-state index in [1.165, 1.54) is 11.8 Å². The zero-order chi connectivity index (χ0) is 24.0. The molecule has 1 aromatic carbocycles. The van der Waals surface area contributed by atoms with E-state index in [4.69, 9.17) is 9.47 Å². The Morgan fingerprint density at radius 3 is 2.65 bits per heavy atom. The molecule has 9 heteroatoms. The minimum Gasteiger partial charge on any atom is -0.497 e. The van der Waals surface area contributed by atoms with Crippen LogP contribution in [0.2, 0.25) is 0 Å². The van der Waals surface area contributed by atoms with Gasteiger partial charge in [0.25, 0.3) is 5.91 Å². The van der Waals surface area contributed by atoms with E-state index in [1.54, 1.807) is 35.1 Å². The van der Waals surface area contributed by atoms with Crippen molar-refractivity contribution in [3.8, 4) is 5.75 Å². The lowest BCUT2D eigenvalue weighted by Crippen LogP contribution is -2.56. The molecule has 1 aromatic rings. The van der Waals surface area contributed by atoms with Gasteiger partial charge in [-0.1, -0.05) is 31.2 Å². The van der Waals surface area contributed by atoms with Gasteiger partial charge in [-0.15, -0.1) is 11.8 Å². The maximum absolute atomic E-state index is 14.2. The van der Waals surface area contributed by atoms with E-state index in [0.29, 0.717) is 24.4 Å². The Labute approximate surface area is 202 Å². The predicted molar refractivity (Wildman–Crippen MR) is 127 cm³/mol. The molecule has 2 amide bonds. The molecule has 4 aliphatic rings. The van der Waals surface area contributed by atoms with E-state index in [2.05, 4.69) is 0 Å². The highest BCUT2D eigenvalue weighted by Crippen LogP contribution is 2.61. The van der Waals surface area contributed by atoms with Crippen LogP contribution in [0.25, 0.3) is 0 Å². The number of carbonyl (C=O) groups excluding carboxylic acids is 3. The fourth-order valence-electron chi connectivity index (χ4n) is 5.71. The van der Waals surface area contributed by atoms with Gasteiger partial charge in [-0.05, 0) is 30.7 Å². The van der Waals surface area contributed by atoms with Crippen LogP contribution in [0.1, 0.15) is 13.3 Å². The van der Waals surface area contributed by atoms with Gasteiger partial charge in [-0.25, -0.2) is 0 Å². The van der Waals surface area contributed by atoms with Gasteiger partial charge in [0, 0.05) is 17.5 Å². The fraction of sp³-hybridized carbons (Fsp3) is 0.480. The minimum absolute atomic E-state index is 0.182. The third-order valence-electron chi connectivity index (χ3n) is 7.31. The summed E-state index contributed by atoms with van der Waals surface area (Å²) < 4.78 is 9.70. The van der Waals surface area contributed by atoms with Crippen LogP contribution in [0.4, 0.5) is 5.69 Å². The molecule has 1 N–H and O–H groups in total. The van der Waals surface area contributed by atoms with E-state index in [9.17, 15) is 19.5 Å². The molecule has 34 heavy (non-hydrogen) atoms.